The van der Waals surface area contributed by atoms with Gasteiger partial charge in [0.15, 0.2) is 11.6 Å². The van der Waals surface area contributed by atoms with Crippen LogP contribution in [0, 0.1) is 10.8 Å². The summed E-state index contributed by atoms with van der Waals surface area (Å²) in [6.07, 6.45) is -5.75. The number of halogens is 4. The predicted octanol–water partition coefficient (Wildman–Crippen LogP) is 4.35. The number of hydrogen-bond acceptors (Lipinski definition) is 6. The third-order valence-corrected chi connectivity index (χ3v) is 9.37. The van der Waals surface area contributed by atoms with E-state index in [1.165, 1.54) is 0 Å². The fourth-order valence-corrected chi connectivity index (χ4v) is 7.11. The molecule has 1 aliphatic carbocycles. The molecule has 12 heteroatoms. The Morgan fingerprint density at radius 2 is 1.86 bits per heavy atom. The monoisotopic (exact) mass is 512 g/mol. The number of allylic oxidation sites excluding steroid dienone is 2. The van der Waals surface area contributed by atoms with Crippen molar-refractivity contribution in [1.82, 2.24) is 9.62 Å². The van der Waals surface area contributed by atoms with E-state index in [0.717, 1.165) is 28.1 Å². The van der Waals surface area contributed by atoms with Gasteiger partial charge in [0.1, 0.15) is 6.17 Å². The first kappa shape index (κ1) is 24.1. The number of carbonyl (C=O) groups is 1. The van der Waals surface area contributed by atoms with E-state index in [1.54, 1.807) is 13.8 Å². The lowest BCUT2D eigenvalue weighted by molar-refractivity contribution is -0.137. The summed E-state index contributed by atoms with van der Waals surface area (Å²) in [6.45, 7) is 3.49. The molecule has 0 aromatic heterocycles. The maximum absolute atomic E-state index is 15.5. The Kier molecular flexibility index (Phi) is 5.30. The Morgan fingerprint density at radius 3 is 2.51 bits per heavy atom. The summed E-state index contributed by atoms with van der Waals surface area (Å²) in [6, 6.07) is 3.64. The highest BCUT2D eigenvalue weighted by Gasteiger charge is 2.56. The van der Waals surface area contributed by atoms with Crippen molar-refractivity contribution >= 4 is 15.8 Å². The number of ketones is 1. The number of rotatable bonds is 2. The van der Waals surface area contributed by atoms with Crippen LogP contribution < -0.4 is 5.32 Å². The summed E-state index contributed by atoms with van der Waals surface area (Å²) in [5.74, 6) is 0.199. The van der Waals surface area contributed by atoms with E-state index in [-0.39, 0.29) is 50.4 Å². The number of dihydropyridines is 1. The van der Waals surface area contributed by atoms with Crippen LogP contribution in [-0.4, -0.2) is 44.3 Å². The fraction of sp³-hybridized carbons (Fsp3) is 0.522. The molecule has 3 aliphatic heterocycles. The average molecular weight is 513 g/mol. The van der Waals surface area contributed by atoms with Gasteiger partial charge in [-0.25, -0.2) is 12.8 Å². The number of piperidine rings is 1. The van der Waals surface area contributed by atoms with E-state index in [2.05, 4.69) is 15.5 Å². The molecule has 0 amide bonds. The minimum Gasteiger partial charge on any atom is -0.339 e. The lowest BCUT2D eigenvalue weighted by atomic mass is 9.59. The van der Waals surface area contributed by atoms with E-state index in [9.17, 15) is 26.4 Å². The van der Waals surface area contributed by atoms with Crippen LogP contribution in [-0.2, 0) is 21.0 Å². The fourth-order valence-electron chi connectivity index (χ4n) is 5.62. The highest BCUT2D eigenvalue weighted by molar-refractivity contribution is 7.89. The molecule has 35 heavy (non-hydrogen) atoms. The lowest BCUT2D eigenvalue weighted by Gasteiger charge is -2.49. The number of hydrogen-bond donors (Lipinski definition) is 1. The van der Waals surface area contributed by atoms with Gasteiger partial charge in [0, 0.05) is 41.5 Å². The molecule has 7 nitrogen and oxygen atoms in total. The number of benzene rings is 1. The first-order valence-corrected chi connectivity index (χ1v) is 12.7. The second kappa shape index (κ2) is 7.70. The second-order valence-corrected chi connectivity index (χ2v) is 12.0. The summed E-state index contributed by atoms with van der Waals surface area (Å²) in [7, 11) is -4.21. The number of azo groups is 1. The molecule has 0 radical (unpaired) electrons. The molecule has 1 atom stereocenters. The highest BCUT2D eigenvalue weighted by atomic mass is 32.2. The quantitative estimate of drug-likeness (QED) is 0.597. The van der Waals surface area contributed by atoms with E-state index in [0.29, 0.717) is 17.5 Å². The normalized spacial score (nSPS) is 26.1. The molecular formula is C23H24F4N4O3S. The molecule has 0 bridgehead atoms. The summed E-state index contributed by atoms with van der Waals surface area (Å²) in [4.78, 5) is 12.9. The van der Waals surface area contributed by atoms with Crippen LogP contribution in [0.15, 0.2) is 62.1 Å². The number of fused-ring (bicyclic) bond motifs is 2. The van der Waals surface area contributed by atoms with Gasteiger partial charge in [-0.3, -0.25) is 4.79 Å². The smallest absolute Gasteiger partial charge is 0.339 e. The first-order chi connectivity index (χ1) is 16.3. The third-order valence-electron chi connectivity index (χ3n) is 7.47. The van der Waals surface area contributed by atoms with Crippen molar-refractivity contribution in [3.8, 4) is 0 Å². The number of alkyl halides is 4. The SMILES string of the molecule is CC1(C)CC(=O)C2=C(NC3=C(CN=N3)C23CCN(S(=O)(=O)c2cccc(C(F)(F)F)c2)CC3)[C@@H]1F. The van der Waals surface area contributed by atoms with Gasteiger partial charge in [-0.05, 0) is 31.0 Å². The van der Waals surface area contributed by atoms with Gasteiger partial charge in [-0.2, -0.15) is 22.6 Å². The summed E-state index contributed by atoms with van der Waals surface area (Å²) in [5.41, 5.74) is -1.66. The number of nitrogens with zero attached hydrogens (tertiary/aromatic N) is 3. The van der Waals surface area contributed by atoms with Crippen LogP contribution in [0.1, 0.15) is 38.7 Å². The lowest BCUT2D eigenvalue weighted by Crippen LogP contribution is -2.53. The van der Waals surface area contributed by atoms with Crippen molar-refractivity contribution in [1.29, 1.82) is 0 Å². The van der Waals surface area contributed by atoms with Crippen molar-refractivity contribution < 1.29 is 30.8 Å². The topological polar surface area (TPSA) is 91.2 Å². The molecule has 0 unspecified atom stereocenters. The maximum atomic E-state index is 15.5. The van der Waals surface area contributed by atoms with Gasteiger partial charge in [-0.1, -0.05) is 19.9 Å². The van der Waals surface area contributed by atoms with Gasteiger partial charge in [0.25, 0.3) is 0 Å². The third kappa shape index (κ3) is 3.64. The van der Waals surface area contributed by atoms with Crippen LogP contribution in [0.2, 0.25) is 0 Å². The van der Waals surface area contributed by atoms with Crippen molar-refractivity contribution in [2.75, 3.05) is 19.6 Å². The number of nitrogens with one attached hydrogen (secondary N) is 1. The zero-order valence-electron chi connectivity index (χ0n) is 19.1. The minimum atomic E-state index is -4.67. The van der Waals surface area contributed by atoms with Crippen molar-refractivity contribution in [3.63, 3.8) is 0 Å². The van der Waals surface area contributed by atoms with Crippen molar-refractivity contribution in [2.24, 2.45) is 21.1 Å². The molecule has 1 spiro atoms. The molecule has 5 rings (SSSR count). The van der Waals surface area contributed by atoms with Gasteiger partial charge in [0.05, 0.1) is 22.7 Å². The van der Waals surface area contributed by atoms with E-state index < -0.39 is 43.7 Å². The molecule has 0 saturated carbocycles. The first-order valence-electron chi connectivity index (χ1n) is 11.2. The van der Waals surface area contributed by atoms with Gasteiger partial charge < -0.3 is 5.32 Å². The minimum absolute atomic E-state index is 0.0135. The molecular weight excluding hydrogens is 488 g/mol. The molecule has 1 aromatic rings. The Bertz CT molecular complexity index is 1310. The average Bonchev–Trinajstić information content (AvgIpc) is 3.26. The Balaban J connectivity index is 1.49. The van der Waals surface area contributed by atoms with E-state index in [1.807, 2.05) is 0 Å². The maximum Gasteiger partial charge on any atom is 0.416 e. The Hall–Kier alpha value is -2.60. The van der Waals surface area contributed by atoms with Crippen molar-refractivity contribution in [2.45, 2.75) is 50.4 Å². The molecule has 1 fully saturated rings. The van der Waals surface area contributed by atoms with Crippen LogP contribution in [0.4, 0.5) is 17.6 Å². The van der Waals surface area contributed by atoms with Crippen LogP contribution in [0.5, 0.6) is 0 Å². The summed E-state index contributed by atoms with van der Waals surface area (Å²) in [5, 5.41) is 11.1. The zero-order chi connectivity index (χ0) is 25.4. The molecule has 1 N–H and O–H groups in total. The Labute approximate surface area is 200 Å². The van der Waals surface area contributed by atoms with E-state index in [4.69, 9.17) is 0 Å². The summed E-state index contributed by atoms with van der Waals surface area (Å²) < 4.78 is 82.5. The summed E-state index contributed by atoms with van der Waals surface area (Å²) >= 11 is 0. The van der Waals surface area contributed by atoms with Crippen LogP contribution in [0.25, 0.3) is 0 Å². The van der Waals surface area contributed by atoms with Crippen LogP contribution in [0.3, 0.4) is 0 Å². The number of Topliss-reactive ketones (excluding diaryl/α,β-unsaturated/α-hetero) is 1. The zero-order valence-corrected chi connectivity index (χ0v) is 19.9. The molecule has 3 heterocycles. The molecule has 4 aliphatic rings. The van der Waals surface area contributed by atoms with Crippen LogP contribution >= 0.6 is 0 Å². The second-order valence-electron chi connectivity index (χ2n) is 10.1. The standard InChI is InChI=1S/C23H24F4N4O3S/c1-21(2)11-16(32)17-18(19(21)24)29-20-15(12-28-30-20)22(17)6-8-31(9-7-22)35(33,34)14-5-3-4-13(10-14)23(25,26)27/h3-5,10,19,29H,6-9,11-12H2,1-2H3/t19-/m0/s1. The molecule has 1 aromatic carbocycles. The molecule has 188 valence electrons. The van der Waals surface area contributed by atoms with E-state index >= 15 is 4.39 Å². The molecule has 1 saturated heterocycles. The Morgan fingerprint density at radius 1 is 1.17 bits per heavy atom. The predicted molar refractivity (Wildman–Crippen MR) is 117 cm³/mol. The van der Waals surface area contributed by atoms with Gasteiger partial charge in [-0.15, -0.1) is 5.11 Å². The highest BCUT2D eigenvalue weighted by Crippen LogP contribution is 2.55. The van der Waals surface area contributed by atoms with Gasteiger partial charge >= 0.3 is 6.18 Å². The van der Waals surface area contributed by atoms with Gasteiger partial charge in [0.2, 0.25) is 10.0 Å². The largest absolute Gasteiger partial charge is 0.416 e. The number of carbonyl (C=O) groups excluding carboxylic acids is 1. The van der Waals surface area contributed by atoms with Crippen molar-refractivity contribution in [3.05, 3.63) is 52.5 Å². The number of sulfonamides is 1.